The van der Waals surface area contributed by atoms with Gasteiger partial charge in [-0.3, -0.25) is 4.79 Å². The average molecular weight is 598 g/mol. The maximum atomic E-state index is 13.8. The lowest BCUT2D eigenvalue weighted by Crippen LogP contribution is -2.37. The second-order valence-electron chi connectivity index (χ2n) is 15.9. The summed E-state index contributed by atoms with van der Waals surface area (Å²) in [6, 6.07) is 17.1. The summed E-state index contributed by atoms with van der Waals surface area (Å²) < 4.78 is 4.17. The fourth-order valence-electron chi connectivity index (χ4n) is 7.07. The Hall–Kier alpha value is -3.48. The molecule has 3 aliphatic rings. The number of anilines is 1. The van der Waals surface area contributed by atoms with E-state index in [4.69, 9.17) is 0 Å². The van der Waals surface area contributed by atoms with E-state index in [-0.39, 0.29) is 22.4 Å². The van der Waals surface area contributed by atoms with E-state index in [1.54, 1.807) is 0 Å². The number of aliphatic hydroxyl groups excluding tert-OH is 1. The lowest BCUT2D eigenvalue weighted by molar-refractivity contribution is -0.871. The van der Waals surface area contributed by atoms with Crippen molar-refractivity contribution in [1.82, 2.24) is 0 Å². The van der Waals surface area contributed by atoms with Crippen LogP contribution in [-0.2, 0) is 15.6 Å². The molecule has 0 saturated heterocycles. The number of hydrogen-bond acceptors (Lipinski definition) is 3. The number of hydrogen-bond donors (Lipinski definition) is 1. The molecular formula is C38H53N4O2+3. The van der Waals surface area contributed by atoms with Crippen molar-refractivity contribution >= 4 is 22.9 Å². The van der Waals surface area contributed by atoms with E-state index in [1.807, 2.05) is 12.2 Å². The van der Waals surface area contributed by atoms with Crippen LogP contribution in [0.5, 0.6) is 0 Å². The molecule has 0 radical (unpaired) electrons. The maximum Gasteiger partial charge on any atom is 0.209 e. The van der Waals surface area contributed by atoms with Gasteiger partial charge in [-0.1, -0.05) is 50.2 Å². The number of carbonyl (C=O) groups excluding carboxylic acids is 1. The van der Waals surface area contributed by atoms with Gasteiger partial charge in [0.1, 0.15) is 5.76 Å². The number of allylic oxidation sites excluding steroid dienone is 5. The molecular weight excluding hydrogens is 544 g/mol. The number of nitrogens with zero attached hydrogens (tertiary/aromatic N) is 4. The largest absolute Gasteiger partial charge is 0.506 e. The van der Waals surface area contributed by atoms with Crippen LogP contribution in [0.25, 0.3) is 0 Å². The Morgan fingerprint density at radius 2 is 1.39 bits per heavy atom. The molecule has 0 unspecified atom stereocenters. The highest BCUT2D eigenvalue weighted by Gasteiger charge is 2.47. The molecule has 6 heteroatoms. The summed E-state index contributed by atoms with van der Waals surface area (Å²) in [5.74, 6) is 0.0183. The number of aliphatic hydroxyl groups is 1. The summed E-state index contributed by atoms with van der Waals surface area (Å²) >= 11 is 0. The maximum absolute atomic E-state index is 13.8. The first-order valence-electron chi connectivity index (χ1n) is 16.1. The number of Topliss-reactive ketones (excluding diaryl/α,β-unsaturated/α-hetero) is 1. The number of rotatable bonds is 10. The van der Waals surface area contributed by atoms with Crippen molar-refractivity contribution < 1.29 is 23.4 Å². The minimum absolute atomic E-state index is 0.0846. The molecule has 0 bridgehead atoms. The SMILES string of the molecule is CC1(C)C(/C=C2\C(=O)C(/C=C3\N(CCC[N+](C)(C)C)c4ccccc4C3(C)C)=C2O)=[N+](CCC[N+](C)(C)C)c2ccccc21. The highest BCUT2D eigenvalue weighted by molar-refractivity contribution is 6.24. The van der Waals surface area contributed by atoms with Gasteiger partial charge in [0, 0.05) is 47.5 Å². The van der Waals surface area contributed by atoms with Crippen molar-refractivity contribution in [2.75, 3.05) is 73.4 Å². The third kappa shape index (κ3) is 5.82. The zero-order valence-electron chi connectivity index (χ0n) is 28.7. The van der Waals surface area contributed by atoms with Crippen LogP contribution in [0.1, 0.15) is 51.7 Å². The van der Waals surface area contributed by atoms with Crippen molar-refractivity contribution in [3.8, 4) is 0 Å². The summed E-state index contributed by atoms with van der Waals surface area (Å²) in [6.45, 7) is 12.7. The Kier molecular flexibility index (Phi) is 8.09. The van der Waals surface area contributed by atoms with Crippen LogP contribution in [0.3, 0.4) is 0 Å². The lowest BCUT2D eigenvalue weighted by atomic mass is 9.77. The molecule has 2 aromatic carbocycles. The van der Waals surface area contributed by atoms with Crippen LogP contribution in [-0.4, -0.2) is 98.6 Å². The molecule has 6 nitrogen and oxygen atoms in total. The fraction of sp³-hybridized carbons (Fsp3) is 0.474. The van der Waals surface area contributed by atoms with Gasteiger partial charge in [0.25, 0.3) is 0 Å². The fourth-order valence-corrected chi connectivity index (χ4v) is 7.07. The summed E-state index contributed by atoms with van der Waals surface area (Å²) in [6.07, 6.45) is 5.96. The van der Waals surface area contributed by atoms with Gasteiger partial charge in [0.2, 0.25) is 11.5 Å². The predicted molar refractivity (Wildman–Crippen MR) is 182 cm³/mol. The van der Waals surface area contributed by atoms with Gasteiger partial charge in [0.15, 0.2) is 12.3 Å². The highest BCUT2D eigenvalue weighted by Crippen LogP contribution is 2.49. The molecule has 2 aromatic rings. The number of para-hydroxylation sites is 2. The van der Waals surface area contributed by atoms with Crippen LogP contribution in [0.15, 0.2) is 83.3 Å². The van der Waals surface area contributed by atoms with Crippen molar-refractivity contribution in [1.29, 1.82) is 0 Å². The average Bonchev–Trinajstić information content (AvgIpc) is 3.27. The summed E-state index contributed by atoms with van der Waals surface area (Å²) in [5, 5.41) is 11.5. The lowest BCUT2D eigenvalue weighted by Gasteiger charge is -2.30. The van der Waals surface area contributed by atoms with E-state index < -0.39 is 0 Å². The first-order chi connectivity index (χ1) is 20.4. The Bertz CT molecular complexity index is 1610. The molecule has 1 aliphatic carbocycles. The van der Waals surface area contributed by atoms with Crippen molar-refractivity contribution in [3.05, 3.63) is 94.4 Å². The van der Waals surface area contributed by atoms with Crippen molar-refractivity contribution in [2.24, 2.45) is 0 Å². The molecule has 234 valence electrons. The number of ketones is 1. The summed E-state index contributed by atoms with van der Waals surface area (Å²) in [7, 11) is 13.3. The Balaban J connectivity index is 1.53. The molecule has 0 fully saturated rings. The van der Waals surface area contributed by atoms with Crippen LogP contribution in [0, 0.1) is 0 Å². The van der Waals surface area contributed by atoms with Crippen LogP contribution in [0.4, 0.5) is 11.4 Å². The molecule has 44 heavy (non-hydrogen) atoms. The van der Waals surface area contributed by atoms with Crippen molar-refractivity contribution in [2.45, 2.75) is 51.4 Å². The molecule has 2 aliphatic heterocycles. The standard InChI is InChI=1S/C38H52N4O2/c1-37(2)29-17-11-13-19-31(29)39(21-15-23-41(5,6)7)33(37)25-27-35(43)28(36(27)44)26-34-38(3,4)30-18-12-14-20-32(30)40(34)22-16-24-42(8,9)10/h11-14,17-20,25-26H,15-16,21-24H2,1-10H3/q+2/p+1. The van der Waals surface area contributed by atoms with E-state index in [9.17, 15) is 9.90 Å². The molecule has 0 aromatic heterocycles. The number of fused-ring (bicyclic) bond motifs is 2. The topological polar surface area (TPSA) is 43.6 Å². The third-order valence-electron chi connectivity index (χ3n) is 9.58. The van der Waals surface area contributed by atoms with Gasteiger partial charge in [0.05, 0.1) is 78.4 Å². The van der Waals surface area contributed by atoms with Crippen molar-refractivity contribution in [3.63, 3.8) is 0 Å². The minimum atomic E-state index is -0.285. The van der Waals surface area contributed by atoms with Gasteiger partial charge >= 0.3 is 0 Å². The Morgan fingerprint density at radius 1 is 0.795 bits per heavy atom. The number of carbonyl (C=O) groups is 1. The monoisotopic (exact) mass is 597 g/mol. The smallest absolute Gasteiger partial charge is 0.209 e. The summed E-state index contributed by atoms with van der Waals surface area (Å²) in [5.41, 5.74) is 7.28. The second-order valence-corrected chi connectivity index (χ2v) is 15.9. The third-order valence-corrected chi connectivity index (χ3v) is 9.58. The van der Waals surface area contributed by atoms with Gasteiger partial charge in [-0.05, 0) is 31.6 Å². The van der Waals surface area contributed by atoms with Crippen LogP contribution < -0.4 is 4.90 Å². The Labute approximate surface area is 265 Å². The van der Waals surface area contributed by atoms with Gasteiger partial charge in [-0.25, -0.2) is 0 Å². The van der Waals surface area contributed by atoms with Crippen LogP contribution in [0.2, 0.25) is 0 Å². The molecule has 0 spiro atoms. The molecule has 2 heterocycles. The minimum Gasteiger partial charge on any atom is -0.506 e. The van der Waals surface area contributed by atoms with Gasteiger partial charge in [-0.2, -0.15) is 4.58 Å². The van der Waals surface area contributed by atoms with E-state index in [2.05, 4.69) is 128 Å². The van der Waals surface area contributed by atoms with E-state index in [1.165, 1.54) is 22.5 Å². The first-order valence-corrected chi connectivity index (χ1v) is 16.1. The van der Waals surface area contributed by atoms with E-state index in [0.717, 1.165) is 59.4 Å². The zero-order chi connectivity index (χ0) is 32.2. The molecule has 5 rings (SSSR count). The highest BCUT2D eigenvalue weighted by atomic mass is 16.3. The normalized spacial score (nSPS) is 21.0. The zero-order valence-corrected chi connectivity index (χ0v) is 28.7. The van der Waals surface area contributed by atoms with Gasteiger partial charge < -0.3 is 19.0 Å². The van der Waals surface area contributed by atoms with E-state index in [0.29, 0.717) is 11.1 Å². The molecule has 0 saturated carbocycles. The Morgan fingerprint density at radius 3 is 2.02 bits per heavy atom. The predicted octanol–water partition coefficient (Wildman–Crippen LogP) is 6.26. The van der Waals surface area contributed by atoms with Crippen LogP contribution >= 0.6 is 0 Å². The van der Waals surface area contributed by atoms with E-state index >= 15 is 0 Å². The number of benzene rings is 2. The second kappa shape index (κ2) is 11.1. The number of quaternary nitrogens is 2. The quantitative estimate of drug-likeness (QED) is 0.200. The molecule has 1 N–H and O–H groups in total. The first kappa shape index (κ1) is 31.9. The summed E-state index contributed by atoms with van der Waals surface area (Å²) in [4.78, 5) is 16.2. The molecule has 0 atom stereocenters. The van der Waals surface area contributed by atoms with Gasteiger partial charge in [-0.15, -0.1) is 0 Å². The molecule has 0 amide bonds.